The van der Waals surface area contributed by atoms with Gasteiger partial charge in [0.25, 0.3) is 0 Å². The summed E-state index contributed by atoms with van der Waals surface area (Å²) in [5, 5.41) is 10.7. The zero-order chi connectivity index (χ0) is 18.6. The van der Waals surface area contributed by atoms with Gasteiger partial charge in [-0.25, -0.2) is 0 Å². The molecule has 0 aliphatic carbocycles. The summed E-state index contributed by atoms with van der Waals surface area (Å²) in [6.45, 7) is 0.341. The Hall–Kier alpha value is -2.09. The highest BCUT2D eigenvalue weighted by molar-refractivity contribution is 5.79. The number of nitrogens with zero attached hydrogens (tertiary/aromatic N) is 1. The van der Waals surface area contributed by atoms with Crippen LogP contribution in [0.1, 0.15) is 17.4 Å². The van der Waals surface area contributed by atoms with E-state index >= 15 is 0 Å². The van der Waals surface area contributed by atoms with Gasteiger partial charge in [-0.1, -0.05) is 60.7 Å². The normalized spacial score (nSPS) is 33.7. The molecule has 2 aromatic carbocycles. The van der Waals surface area contributed by atoms with Crippen LogP contribution in [-0.2, 0) is 18.9 Å². The second kappa shape index (κ2) is 8.29. The highest BCUT2D eigenvalue weighted by Gasteiger charge is 2.49. The molecule has 0 saturated carbocycles. The van der Waals surface area contributed by atoms with E-state index in [1.807, 2.05) is 60.7 Å². The molecule has 0 amide bonds. The summed E-state index contributed by atoms with van der Waals surface area (Å²) in [6.07, 6.45) is -1.28. The second-order valence-electron chi connectivity index (χ2n) is 6.63. The van der Waals surface area contributed by atoms with Gasteiger partial charge in [0, 0.05) is 18.9 Å². The Morgan fingerprint density at radius 1 is 1.04 bits per heavy atom. The van der Waals surface area contributed by atoms with Crippen LogP contribution in [0, 0.1) is 0 Å². The molecule has 2 saturated heterocycles. The molecule has 1 N–H and O–H groups in total. The maximum absolute atomic E-state index is 10.7. The summed E-state index contributed by atoms with van der Waals surface area (Å²) in [6, 6.07) is 18.9. The number of methoxy groups -OCH3 is 1. The van der Waals surface area contributed by atoms with Gasteiger partial charge in [-0.05, 0) is 5.56 Å². The molecular weight excluding hydrogens is 346 g/mol. The number of hydrogen-bond donors (Lipinski definition) is 1. The molecule has 142 valence electrons. The number of aliphatic hydroxyl groups is 1. The van der Waals surface area contributed by atoms with Crippen molar-refractivity contribution >= 4 is 6.21 Å². The molecule has 4 rings (SSSR count). The van der Waals surface area contributed by atoms with Crippen LogP contribution in [0.5, 0.6) is 0 Å². The topological polar surface area (TPSA) is 69.5 Å². The molecular formula is C21H23NO5. The van der Waals surface area contributed by atoms with Gasteiger partial charge in [-0.3, -0.25) is 4.99 Å². The van der Waals surface area contributed by atoms with E-state index in [1.54, 1.807) is 6.21 Å². The molecule has 6 atom stereocenters. The number of aliphatic imine (C=N–C) groups is 1. The Bertz CT molecular complexity index is 754. The Balaban J connectivity index is 1.58. The van der Waals surface area contributed by atoms with E-state index < -0.39 is 30.8 Å². The minimum atomic E-state index is -0.939. The fraction of sp³-hybridized carbons (Fsp3) is 0.381. The lowest BCUT2D eigenvalue weighted by Crippen LogP contribution is -2.61. The van der Waals surface area contributed by atoms with Gasteiger partial charge in [-0.15, -0.1) is 0 Å². The maximum Gasteiger partial charge on any atom is 0.185 e. The Kier molecular flexibility index (Phi) is 5.61. The summed E-state index contributed by atoms with van der Waals surface area (Å²) < 4.78 is 23.1. The maximum atomic E-state index is 10.7. The predicted octanol–water partition coefficient (Wildman–Crippen LogP) is 2.32. The fourth-order valence-electron chi connectivity index (χ4n) is 3.44. The molecule has 2 fully saturated rings. The van der Waals surface area contributed by atoms with Gasteiger partial charge in [0.2, 0.25) is 0 Å². The molecule has 27 heavy (non-hydrogen) atoms. The first-order chi connectivity index (χ1) is 13.3. The highest BCUT2D eigenvalue weighted by atomic mass is 16.7. The van der Waals surface area contributed by atoms with Crippen LogP contribution in [0.25, 0.3) is 0 Å². The SMILES string of the molecule is CO[C@@H]1O[C@H]2CO[C@H](c3ccccc3)O[C@@H]2[C@@H](N=Cc2ccccc2)[C@H]1O. The first-order valence-electron chi connectivity index (χ1n) is 9.03. The lowest BCUT2D eigenvalue weighted by atomic mass is 9.95. The van der Waals surface area contributed by atoms with Gasteiger partial charge in [0.05, 0.1) is 6.61 Å². The fourth-order valence-corrected chi connectivity index (χ4v) is 3.44. The lowest BCUT2D eigenvalue weighted by molar-refractivity contribution is -0.337. The molecule has 0 unspecified atom stereocenters. The van der Waals surface area contributed by atoms with Gasteiger partial charge in [-0.2, -0.15) is 0 Å². The number of hydrogen-bond acceptors (Lipinski definition) is 6. The zero-order valence-electron chi connectivity index (χ0n) is 15.0. The van der Waals surface area contributed by atoms with E-state index in [9.17, 15) is 5.11 Å². The smallest absolute Gasteiger partial charge is 0.185 e. The predicted molar refractivity (Wildman–Crippen MR) is 99.5 cm³/mol. The van der Waals surface area contributed by atoms with Crippen molar-refractivity contribution in [3.63, 3.8) is 0 Å². The first-order valence-corrected chi connectivity index (χ1v) is 9.03. The monoisotopic (exact) mass is 369 g/mol. The van der Waals surface area contributed by atoms with Crippen LogP contribution in [0.4, 0.5) is 0 Å². The highest BCUT2D eigenvalue weighted by Crippen LogP contribution is 2.35. The summed E-state index contributed by atoms with van der Waals surface area (Å²) in [5.74, 6) is 0. The molecule has 0 radical (unpaired) electrons. The van der Waals surface area contributed by atoms with Crippen molar-refractivity contribution in [2.45, 2.75) is 36.9 Å². The van der Waals surface area contributed by atoms with Gasteiger partial charge in [0.1, 0.15) is 24.4 Å². The standard InChI is InChI=1S/C21H23NO5/c1-24-21-18(23)17(22-12-14-8-4-2-5-9-14)19-16(26-21)13-25-20(27-19)15-10-6-3-7-11-15/h2-12,16-21,23H,13H2,1H3/t16-,17-,18+,19-,20-,21+/m0/s1. The van der Waals surface area contributed by atoms with Gasteiger partial charge >= 0.3 is 0 Å². The summed E-state index contributed by atoms with van der Waals surface area (Å²) in [4.78, 5) is 4.63. The number of aliphatic hydroxyl groups excluding tert-OH is 1. The van der Waals surface area contributed by atoms with Crippen LogP contribution in [0.2, 0.25) is 0 Å². The van der Waals surface area contributed by atoms with Gasteiger partial charge < -0.3 is 24.1 Å². The molecule has 2 aromatic rings. The van der Waals surface area contributed by atoms with Crippen LogP contribution in [0.3, 0.4) is 0 Å². The van der Waals surface area contributed by atoms with Gasteiger partial charge in [0.15, 0.2) is 12.6 Å². The molecule has 2 heterocycles. The van der Waals surface area contributed by atoms with Crippen molar-refractivity contribution in [1.29, 1.82) is 0 Å². The van der Waals surface area contributed by atoms with E-state index in [4.69, 9.17) is 18.9 Å². The van der Waals surface area contributed by atoms with Crippen LogP contribution in [0.15, 0.2) is 65.7 Å². The van der Waals surface area contributed by atoms with Crippen molar-refractivity contribution in [2.75, 3.05) is 13.7 Å². The third-order valence-electron chi connectivity index (χ3n) is 4.83. The summed E-state index contributed by atoms with van der Waals surface area (Å²) in [5.41, 5.74) is 1.87. The summed E-state index contributed by atoms with van der Waals surface area (Å²) >= 11 is 0. The van der Waals surface area contributed by atoms with E-state index in [0.717, 1.165) is 11.1 Å². The number of ether oxygens (including phenoxy) is 4. The van der Waals surface area contributed by atoms with Crippen LogP contribution in [-0.4, -0.2) is 55.7 Å². The Morgan fingerprint density at radius 3 is 2.44 bits per heavy atom. The quantitative estimate of drug-likeness (QED) is 0.838. The number of benzene rings is 2. The summed E-state index contributed by atoms with van der Waals surface area (Å²) in [7, 11) is 1.50. The van der Waals surface area contributed by atoms with Crippen LogP contribution < -0.4 is 0 Å². The zero-order valence-corrected chi connectivity index (χ0v) is 15.0. The molecule has 0 aromatic heterocycles. The van der Waals surface area contributed by atoms with Crippen LogP contribution >= 0.6 is 0 Å². The minimum absolute atomic E-state index is 0.341. The lowest BCUT2D eigenvalue weighted by Gasteiger charge is -2.46. The largest absolute Gasteiger partial charge is 0.385 e. The molecule has 2 aliphatic rings. The van der Waals surface area contributed by atoms with Crippen molar-refractivity contribution in [3.8, 4) is 0 Å². The molecule has 6 heteroatoms. The molecule has 6 nitrogen and oxygen atoms in total. The van der Waals surface area contributed by atoms with E-state index in [-0.39, 0.29) is 6.10 Å². The Labute approximate surface area is 158 Å². The average Bonchev–Trinajstić information content (AvgIpc) is 2.74. The van der Waals surface area contributed by atoms with Crippen molar-refractivity contribution in [1.82, 2.24) is 0 Å². The molecule has 0 spiro atoms. The second-order valence-corrected chi connectivity index (χ2v) is 6.63. The Morgan fingerprint density at radius 2 is 1.74 bits per heavy atom. The van der Waals surface area contributed by atoms with E-state index in [1.165, 1.54) is 7.11 Å². The third kappa shape index (κ3) is 3.95. The molecule has 0 bridgehead atoms. The van der Waals surface area contributed by atoms with Crippen molar-refractivity contribution < 1.29 is 24.1 Å². The third-order valence-corrected chi connectivity index (χ3v) is 4.83. The van der Waals surface area contributed by atoms with Crippen molar-refractivity contribution in [3.05, 3.63) is 71.8 Å². The van der Waals surface area contributed by atoms with E-state index in [2.05, 4.69) is 4.99 Å². The number of rotatable bonds is 4. The average molecular weight is 369 g/mol. The first kappa shape index (κ1) is 18.3. The van der Waals surface area contributed by atoms with E-state index in [0.29, 0.717) is 6.61 Å². The number of fused-ring (bicyclic) bond motifs is 1. The minimum Gasteiger partial charge on any atom is -0.385 e. The molecule has 2 aliphatic heterocycles. The van der Waals surface area contributed by atoms with Crippen molar-refractivity contribution in [2.24, 2.45) is 4.99 Å².